The minimum Gasteiger partial charge on any atom is -0.349 e. The van der Waals surface area contributed by atoms with E-state index in [0.29, 0.717) is 12.5 Å². The summed E-state index contributed by atoms with van der Waals surface area (Å²) in [5.41, 5.74) is 0.908. The average Bonchev–Trinajstić information content (AvgIpc) is 2.99. The van der Waals surface area contributed by atoms with E-state index in [-0.39, 0.29) is 18.2 Å². The highest BCUT2D eigenvalue weighted by Crippen LogP contribution is 2.12. The van der Waals surface area contributed by atoms with Gasteiger partial charge in [-0.2, -0.15) is 8.78 Å². The van der Waals surface area contributed by atoms with E-state index in [1.807, 2.05) is 4.90 Å². The first-order chi connectivity index (χ1) is 11.0. The Kier molecular flexibility index (Phi) is 5.61. The molecular formula is C15H18F3N5. The van der Waals surface area contributed by atoms with E-state index in [0.717, 1.165) is 10.1 Å². The third-order valence-electron chi connectivity index (χ3n) is 3.27. The maximum Gasteiger partial charge on any atom is 0.319 e. The first-order valence-electron chi connectivity index (χ1n) is 6.97. The molecule has 0 saturated carbocycles. The monoisotopic (exact) mass is 325 g/mol. The van der Waals surface area contributed by atoms with Gasteiger partial charge in [0.1, 0.15) is 11.6 Å². The van der Waals surface area contributed by atoms with Crippen LogP contribution in [0.1, 0.15) is 17.9 Å². The summed E-state index contributed by atoms with van der Waals surface area (Å²) in [6, 6.07) is 6.14. The number of alkyl halides is 2. The van der Waals surface area contributed by atoms with E-state index in [4.69, 9.17) is 0 Å². The number of hydrogen-bond donors (Lipinski definition) is 1. The van der Waals surface area contributed by atoms with Crippen molar-refractivity contribution >= 4 is 5.96 Å². The molecule has 8 heteroatoms. The standard InChI is InChI=1S/C15H18F3N5/c1-19-15(21-9-13-20-7-8-23(13)14(17)18)22(2)10-11-3-5-12(16)6-4-11/h3-8,14H,9-10H2,1-2H3,(H,19,21). The zero-order chi connectivity index (χ0) is 16.8. The second-order valence-corrected chi connectivity index (χ2v) is 4.91. The zero-order valence-electron chi connectivity index (χ0n) is 12.9. The molecule has 2 aromatic rings. The molecule has 0 amide bonds. The molecule has 0 fully saturated rings. The van der Waals surface area contributed by atoms with Crippen molar-refractivity contribution in [1.82, 2.24) is 19.8 Å². The van der Waals surface area contributed by atoms with Crippen LogP contribution in [0.15, 0.2) is 41.7 Å². The number of guanidine groups is 1. The van der Waals surface area contributed by atoms with Gasteiger partial charge < -0.3 is 10.2 Å². The third-order valence-corrected chi connectivity index (χ3v) is 3.27. The van der Waals surface area contributed by atoms with Crippen molar-refractivity contribution in [3.8, 4) is 0 Å². The van der Waals surface area contributed by atoms with Gasteiger partial charge in [-0.05, 0) is 17.7 Å². The molecule has 1 heterocycles. The molecule has 0 aliphatic heterocycles. The molecule has 0 atom stereocenters. The Morgan fingerprint density at radius 2 is 2.04 bits per heavy atom. The highest BCUT2D eigenvalue weighted by atomic mass is 19.3. The quantitative estimate of drug-likeness (QED) is 0.679. The fraction of sp³-hybridized carbons (Fsp3) is 0.333. The molecule has 1 aromatic heterocycles. The summed E-state index contributed by atoms with van der Waals surface area (Å²) in [5, 5.41) is 2.98. The van der Waals surface area contributed by atoms with E-state index in [1.54, 1.807) is 26.2 Å². The van der Waals surface area contributed by atoms with Crippen LogP contribution in [0.4, 0.5) is 13.2 Å². The minimum absolute atomic E-state index is 0.123. The summed E-state index contributed by atoms with van der Waals surface area (Å²) in [6.07, 6.45) is 2.56. The third kappa shape index (κ3) is 4.48. The number of rotatable bonds is 5. The van der Waals surface area contributed by atoms with E-state index >= 15 is 0 Å². The summed E-state index contributed by atoms with van der Waals surface area (Å²) < 4.78 is 39.2. The Morgan fingerprint density at radius 3 is 2.65 bits per heavy atom. The Morgan fingerprint density at radius 1 is 1.35 bits per heavy atom. The second kappa shape index (κ2) is 7.66. The number of nitrogens with zero attached hydrogens (tertiary/aromatic N) is 4. The molecule has 5 nitrogen and oxygen atoms in total. The van der Waals surface area contributed by atoms with Crippen molar-refractivity contribution in [3.63, 3.8) is 0 Å². The Bertz CT molecular complexity index is 651. The first kappa shape index (κ1) is 16.9. The molecule has 0 aliphatic carbocycles. The van der Waals surface area contributed by atoms with Crippen molar-refractivity contribution < 1.29 is 13.2 Å². The number of hydrogen-bond acceptors (Lipinski definition) is 2. The van der Waals surface area contributed by atoms with E-state index < -0.39 is 6.55 Å². The summed E-state index contributed by atoms with van der Waals surface area (Å²) in [6.45, 7) is -2.01. The van der Waals surface area contributed by atoms with Gasteiger partial charge in [0.25, 0.3) is 0 Å². The molecule has 0 spiro atoms. The predicted molar refractivity (Wildman–Crippen MR) is 81.5 cm³/mol. The maximum absolute atomic E-state index is 12.9. The number of halogens is 3. The Hall–Kier alpha value is -2.51. The number of nitrogens with one attached hydrogen (secondary N) is 1. The maximum atomic E-state index is 12.9. The smallest absolute Gasteiger partial charge is 0.319 e. The lowest BCUT2D eigenvalue weighted by Crippen LogP contribution is -2.38. The first-order valence-corrected chi connectivity index (χ1v) is 6.97. The minimum atomic E-state index is -2.63. The van der Waals surface area contributed by atoms with Crippen molar-refractivity contribution in [3.05, 3.63) is 53.9 Å². The molecule has 0 unspecified atom stereocenters. The van der Waals surface area contributed by atoms with Crippen molar-refractivity contribution in [2.24, 2.45) is 4.99 Å². The average molecular weight is 325 g/mol. The molecule has 0 radical (unpaired) electrons. The normalized spacial score (nSPS) is 11.8. The molecule has 23 heavy (non-hydrogen) atoms. The zero-order valence-corrected chi connectivity index (χ0v) is 12.9. The number of imidazole rings is 1. The van der Waals surface area contributed by atoms with Gasteiger partial charge >= 0.3 is 6.55 Å². The Labute approximate surface area is 132 Å². The van der Waals surface area contributed by atoms with Crippen molar-refractivity contribution in [2.45, 2.75) is 19.6 Å². The van der Waals surface area contributed by atoms with Crippen LogP contribution in [0.3, 0.4) is 0 Å². The number of aromatic nitrogens is 2. The highest BCUT2D eigenvalue weighted by Gasteiger charge is 2.13. The van der Waals surface area contributed by atoms with Crippen LogP contribution in [-0.2, 0) is 13.1 Å². The van der Waals surface area contributed by atoms with Gasteiger partial charge in [0, 0.05) is 33.0 Å². The van der Waals surface area contributed by atoms with Crippen LogP contribution < -0.4 is 5.32 Å². The molecule has 124 valence electrons. The topological polar surface area (TPSA) is 45.5 Å². The van der Waals surface area contributed by atoms with Crippen LogP contribution in [-0.4, -0.2) is 34.5 Å². The summed E-state index contributed by atoms with van der Waals surface area (Å²) >= 11 is 0. The number of aliphatic imine (C=N–C) groups is 1. The lowest BCUT2D eigenvalue weighted by Gasteiger charge is -2.22. The van der Waals surface area contributed by atoms with Gasteiger partial charge in [-0.3, -0.25) is 9.56 Å². The lowest BCUT2D eigenvalue weighted by atomic mass is 10.2. The van der Waals surface area contributed by atoms with Crippen molar-refractivity contribution in [2.75, 3.05) is 14.1 Å². The molecular weight excluding hydrogens is 307 g/mol. The number of benzene rings is 1. The fourth-order valence-electron chi connectivity index (χ4n) is 2.14. The van der Waals surface area contributed by atoms with E-state index in [1.165, 1.54) is 24.5 Å². The molecule has 1 aromatic carbocycles. The van der Waals surface area contributed by atoms with E-state index in [2.05, 4.69) is 15.3 Å². The Balaban J connectivity index is 1.96. The van der Waals surface area contributed by atoms with Gasteiger partial charge in [0.15, 0.2) is 5.96 Å². The lowest BCUT2D eigenvalue weighted by molar-refractivity contribution is 0.0668. The van der Waals surface area contributed by atoms with Crippen molar-refractivity contribution in [1.29, 1.82) is 0 Å². The van der Waals surface area contributed by atoms with Crippen LogP contribution in [0.2, 0.25) is 0 Å². The molecule has 1 N–H and O–H groups in total. The largest absolute Gasteiger partial charge is 0.349 e. The van der Waals surface area contributed by atoms with Crippen LogP contribution in [0.25, 0.3) is 0 Å². The van der Waals surface area contributed by atoms with Crippen LogP contribution >= 0.6 is 0 Å². The van der Waals surface area contributed by atoms with Crippen LogP contribution in [0.5, 0.6) is 0 Å². The van der Waals surface area contributed by atoms with Gasteiger partial charge in [-0.1, -0.05) is 12.1 Å². The SMILES string of the molecule is CN=C(NCc1nccn1C(F)F)N(C)Cc1ccc(F)cc1. The van der Waals surface area contributed by atoms with Gasteiger partial charge in [-0.15, -0.1) is 0 Å². The summed E-state index contributed by atoms with van der Waals surface area (Å²) in [7, 11) is 3.40. The highest BCUT2D eigenvalue weighted by molar-refractivity contribution is 5.79. The molecule has 0 saturated heterocycles. The van der Waals surface area contributed by atoms with Gasteiger partial charge in [0.2, 0.25) is 0 Å². The molecule has 2 rings (SSSR count). The van der Waals surface area contributed by atoms with E-state index in [9.17, 15) is 13.2 Å². The summed E-state index contributed by atoms with van der Waals surface area (Å²) in [5.74, 6) is 0.451. The van der Waals surface area contributed by atoms with Crippen LogP contribution in [0, 0.1) is 5.82 Å². The summed E-state index contributed by atoms with van der Waals surface area (Å²) in [4.78, 5) is 9.82. The fourth-order valence-corrected chi connectivity index (χ4v) is 2.14. The second-order valence-electron chi connectivity index (χ2n) is 4.91. The van der Waals surface area contributed by atoms with Gasteiger partial charge in [-0.25, -0.2) is 9.37 Å². The molecule has 0 aliphatic rings. The van der Waals surface area contributed by atoms with Gasteiger partial charge in [0.05, 0.1) is 6.54 Å². The molecule has 0 bridgehead atoms. The predicted octanol–water partition coefficient (Wildman–Crippen LogP) is 2.62.